The minimum atomic E-state index is -4.41. The predicted octanol–water partition coefficient (Wildman–Crippen LogP) is 5.19. The molecule has 0 fully saturated rings. The average molecular weight is 329 g/mol. The summed E-state index contributed by atoms with van der Waals surface area (Å²) in [7, 11) is 0. The molecule has 0 aromatic heterocycles. The number of benzene rings is 2. The van der Waals surface area contributed by atoms with Crippen LogP contribution in [0.3, 0.4) is 0 Å². The largest absolute Gasteiger partial charge is 0.416 e. The second-order valence-corrected chi connectivity index (χ2v) is 4.67. The molecule has 0 spiro atoms. The van der Waals surface area contributed by atoms with Crippen LogP contribution in [0.15, 0.2) is 53.7 Å². The Hall–Kier alpha value is -2.44. The van der Waals surface area contributed by atoms with Crippen LogP contribution in [0.2, 0.25) is 0 Å². The molecule has 23 heavy (non-hydrogen) atoms. The van der Waals surface area contributed by atoms with Crippen molar-refractivity contribution in [1.29, 1.82) is 0 Å². The molecule has 2 rings (SSSR count). The van der Waals surface area contributed by atoms with Gasteiger partial charge in [0.05, 0.1) is 11.8 Å². The molecule has 0 heterocycles. The number of nitrogens with zero attached hydrogens (tertiary/aromatic N) is 1. The van der Waals surface area contributed by atoms with Crippen molar-refractivity contribution in [2.75, 3.05) is 0 Å². The van der Waals surface area contributed by atoms with Crippen molar-refractivity contribution in [2.45, 2.75) is 19.2 Å². The molecule has 0 N–H and O–H groups in total. The van der Waals surface area contributed by atoms with Crippen molar-refractivity contribution in [3.05, 3.63) is 70.8 Å². The van der Waals surface area contributed by atoms with Crippen LogP contribution in [-0.2, 0) is 17.6 Å². The molecule has 7 heteroatoms. The third kappa shape index (κ3) is 5.05. The lowest BCUT2D eigenvalue weighted by atomic mass is 10.1. The monoisotopic (exact) mass is 329 g/mol. The number of hydrogen-bond acceptors (Lipinski definition) is 2. The first-order chi connectivity index (χ1) is 10.9. The Morgan fingerprint density at radius 1 is 1.04 bits per heavy atom. The molecule has 0 atom stereocenters. The summed E-state index contributed by atoms with van der Waals surface area (Å²) in [4.78, 5) is 4.92. The summed E-state index contributed by atoms with van der Waals surface area (Å²) in [5, 5.41) is 3.61. The maximum absolute atomic E-state index is 12.5. The van der Waals surface area contributed by atoms with Crippen LogP contribution in [0.25, 0.3) is 0 Å². The van der Waals surface area contributed by atoms with Gasteiger partial charge >= 0.3 is 6.18 Å². The Morgan fingerprint density at radius 3 is 2.35 bits per heavy atom. The van der Waals surface area contributed by atoms with Gasteiger partial charge in [0.25, 0.3) is 6.43 Å². The van der Waals surface area contributed by atoms with Gasteiger partial charge in [0.1, 0.15) is 6.61 Å². The molecule has 0 saturated heterocycles. The van der Waals surface area contributed by atoms with E-state index < -0.39 is 18.2 Å². The van der Waals surface area contributed by atoms with Crippen LogP contribution >= 0.6 is 0 Å². The van der Waals surface area contributed by atoms with Gasteiger partial charge in [0.2, 0.25) is 0 Å². The summed E-state index contributed by atoms with van der Waals surface area (Å²) < 4.78 is 62.4. The standard InChI is InChI=1S/C16H12F5NO/c17-15(18)13-6-4-11(5-7-13)9-22-23-10-12-2-1-3-14(8-12)16(19,20)21/h1-9,15H,10H2. The molecule has 2 nitrogen and oxygen atoms in total. The van der Waals surface area contributed by atoms with Crippen molar-refractivity contribution < 1.29 is 26.8 Å². The number of alkyl halides is 5. The van der Waals surface area contributed by atoms with Crippen LogP contribution < -0.4 is 0 Å². The molecule has 0 bridgehead atoms. The van der Waals surface area contributed by atoms with E-state index >= 15 is 0 Å². The van der Waals surface area contributed by atoms with Crippen LogP contribution in [0.4, 0.5) is 22.0 Å². The quantitative estimate of drug-likeness (QED) is 0.420. The summed E-state index contributed by atoms with van der Waals surface area (Å²) in [5.74, 6) is 0. The first kappa shape index (κ1) is 16.9. The second-order valence-electron chi connectivity index (χ2n) is 4.67. The van der Waals surface area contributed by atoms with Gasteiger partial charge in [-0.15, -0.1) is 0 Å². The molecule has 0 unspecified atom stereocenters. The summed E-state index contributed by atoms with van der Waals surface area (Å²) in [6, 6.07) is 10.1. The molecule has 0 radical (unpaired) electrons. The van der Waals surface area contributed by atoms with E-state index in [1.54, 1.807) is 0 Å². The van der Waals surface area contributed by atoms with E-state index in [9.17, 15) is 22.0 Å². The van der Waals surface area contributed by atoms with Crippen LogP contribution in [-0.4, -0.2) is 6.21 Å². The summed E-state index contributed by atoms with van der Waals surface area (Å²) >= 11 is 0. The number of hydrogen-bond donors (Lipinski definition) is 0. The Bertz CT molecular complexity index is 665. The molecule has 2 aromatic rings. The Kier molecular flexibility index (Phi) is 5.31. The van der Waals surface area contributed by atoms with Crippen molar-refractivity contribution >= 4 is 6.21 Å². The minimum absolute atomic E-state index is 0.105. The molecule has 0 amide bonds. The fourth-order valence-electron chi connectivity index (χ4n) is 1.77. The highest BCUT2D eigenvalue weighted by molar-refractivity contribution is 5.79. The molecular formula is C16H12F5NO. The van der Waals surface area contributed by atoms with Gasteiger partial charge in [-0.1, -0.05) is 41.6 Å². The van der Waals surface area contributed by atoms with Gasteiger partial charge in [-0.2, -0.15) is 13.2 Å². The smallest absolute Gasteiger partial charge is 0.391 e. The molecule has 122 valence electrons. The van der Waals surface area contributed by atoms with E-state index in [-0.39, 0.29) is 12.2 Å². The number of oxime groups is 1. The van der Waals surface area contributed by atoms with Crippen LogP contribution in [0.1, 0.15) is 28.7 Å². The molecule has 0 aliphatic rings. The van der Waals surface area contributed by atoms with E-state index in [1.807, 2.05) is 0 Å². The van der Waals surface area contributed by atoms with Crippen LogP contribution in [0, 0.1) is 0 Å². The SMILES string of the molecule is FC(F)c1ccc(C=NOCc2cccc(C(F)(F)F)c2)cc1. The zero-order valence-corrected chi connectivity index (χ0v) is 11.7. The first-order valence-corrected chi connectivity index (χ1v) is 6.56. The summed E-state index contributed by atoms with van der Waals surface area (Å²) in [5.41, 5.74) is 0.000618. The molecule has 2 aromatic carbocycles. The number of rotatable bonds is 5. The Balaban J connectivity index is 1.92. The van der Waals surface area contributed by atoms with Crippen molar-refractivity contribution in [2.24, 2.45) is 5.16 Å². The highest BCUT2D eigenvalue weighted by atomic mass is 19.4. The third-order valence-electron chi connectivity index (χ3n) is 2.95. The van der Waals surface area contributed by atoms with E-state index in [1.165, 1.54) is 42.6 Å². The Morgan fingerprint density at radius 2 is 1.74 bits per heavy atom. The van der Waals surface area contributed by atoms with E-state index in [2.05, 4.69) is 5.16 Å². The average Bonchev–Trinajstić information content (AvgIpc) is 2.51. The summed E-state index contributed by atoms with van der Waals surface area (Å²) in [6.45, 7) is -0.129. The van der Waals surface area contributed by atoms with E-state index in [0.717, 1.165) is 12.1 Å². The molecule has 0 saturated carbocycles. The Labute approximate surface area is 129 Å². The predicted molar refractivity (Wildman–Crippen MR) is 75.2 cm³/mol. The second kappa shape index (κ2) is 7.21. The fraction of sp³-hybridized carbons (Fsp3) is 0.188. The van der Waals surface area contributed by atoms with Gasteiger partial charge in [0, 0.05) is 5.56 Å². The lowest BCUT2D eigenvalue weighted by Gasteiger charge is -2.07. The lowest BCUT2D eigenvalue weighted by molar-refractivity contribution is -0.137. The van der Waals surface area contributed by atoms with Crippen molar-refractivity contribution in [1.82, 2.24) is 0 Å². The maximum Gasteiger partial charge on any atom is 0.416 e. The topological polar surface area (TPSA) is 21.6 Å². The zero-order chi connectivity index (χ0) is 16.9. The van der Waals surface area contributed by atoms with Gasteiger partial charge in [-0.3, -0.25) is 0 Å². The molecule has 0 aliphatic heterocycles. The molecular weight excluding hydrogens is 317 g/mol. The first-order valence-electron chi connectivity index (χ1n) is 6.56. The van der Waals surface area contributed by atoms with Gasteiger partial charge < -0.3 is 4.84 Å². The normalized spacial score (nSPS) is 12.1. The highest BCUT2D eigenvalue weighted by Gasteiger charge is 2.30. The van der Waals surface area contributed by atoms with E-state index in [4.69, 9.17) is 4.84 Å². The highest BCUT2D eigenvalue weighted by Crippen LogP contribution is 2.29. The van der Waals surface area contributed by atoms with Crippen molar-refractivity contribution in [3.8, 4) is 0 Å². The molecule has 0 aliphatic carbocycles. The minimum Gasteiger partial charge on any atom is -0.391 e. The fourth-order valence-corrected chi connectivity index (χ4v) is 1.77. The van der Waals surface area contributed by atoms with Gasteiger partial charge in [0.15, 0.2) is 0 Å². The van der Waals surface area contributed by atoms with E-state index in [0.29, 0.717) is 11.1 Å². The lowest BCUT2D eigenvalue weighted by Crippen LogP contribution is -2.05. The maximum atomic E-state index is 12.5. The van der Waals surface area contributed by atoms with Crippen molar-refractivity contribution in [3.63, 3.8) is 0 Å². The zero-order valence-electron chi connectivity index (χ0n) is 11.7. The number of halogens is 5. The van der Waals surface area contributed by atoms with Gasteiger partial charge in [-0.05, 0) is 23.3 Å². The third-order valence-corrected chi connectivity index (χ3v) is 2.95. The summed E-state index contributed by atoms with van der Waals surface area (Å²) in [6.07, 6.45) is -5.66. The van der Waals surface area contributed by atoms with Crippen LogP contribution in [0.5, 0.6) is 0 Å². The van der Waals surface area contributed by atoms with Gasteiger partial charge in [-0.25, -0.2) is 8.78 Å².